The van der Waals surface area contributed by atoms with E-state index in [1.807, 2.05) is 72.8 Å². The number of fused-ring (bicyclic) bond motifs is 4. The van der Waals surface area contributed by atoms with Gasteiger partial charge in [-0.15, -0.1) is 45.3 Å². The van der Waals surface area contributed by atoms with Crippen LogP contribution >= 0.6 is 45.3 Å². The van der Waals surface area contributed by atoms with Gasteiger partial charge < -0.3 is 39.4 Å². The third kappa shape index (κ3) is 15.8. The van der Waals surface area contributed by atoms with E-state index >= 15 is 0 Å². The number of unbranched alkanes of at least 4 members (excludes halogenated alkanes) is 1. The molecule has 4 N–H and O–H groups in total. The van der Waals surface area contributed by atoms with Crippen LogP contribution < -0.4 is 18.9 Å². The molecule has 438 valence electrons. The van der Waals surface area contributed by atoms with Crippen molar-refractivity contribution >= 4 is 133 Å². The number of aryl methyl sites for hydroxylation is 4. The van der Waals surface area contributed by atoms with E-state index in [4.69, 9.17) is 39.4 Å². The highest BCUT2D eigenvalue weighted by Gasteiger charge is 2.24. The summed E-state index contributed by atoms with van der Waals surface area (Å²) < 4.78 is 26.2. The van der Waals surface area contributed by atoms with Gasteiger partial charge in [-0.1, -0.05) is 27.7 Å². The molecule has 8 rings (SSSR count). The van der Waals surface area contributed by atoms with Crippen LogP contribution in [0.5, 0.6) is 23.0 Å². The lowest BCUT2D eigenvalue weighted by atomic mass is 10.00. The van der Waals surface area contributed by atoms with Gasteiger partial charge in [-0.3, -0.25) is 38.4 Å². The second-order valence-corrected chi connectivity index (χ2v) is 25.1. The number of benzene rings is 4. The fourth-order valence-corrected chi connectivity index (χ4v) is 13.6. The highest BCUT2D eigenvalue weighted by Crippen LogP contribution is 2.39. The quantitative estimate of drug-likeness (QED) is 0.0251. The number of carbonyl (C=O) groups is 8. The normalized spacial score (nSPS) is 12.8. The summed E-state index contributed by atoms with van der Waals surface area (Å²) in [5.74, 6) is -4.61. The third-order valence-electron chi connectivity index (χ3n) is 14.5. The molecule has 4 atom stereocenters. The fourth-order valence-electron chi connectivity index (χ4n) is 9.52. The molecule has 4 aromatic heterocycles. The highest BCUT2D eigenvalue weighted by atomic mass is 32.1. The first kappa shape index (κ1) is 63.1. The topological polar surface area (TPSA) is 254 Å². The molecule has 0 fully saturated rings. The SMILES string of the molecule is COc1cc2sc(C(=O)C[C@H](C)C(=O)O)cc2cc1CCCCc1cc2cc(C(=O)C[C@H](C)C(=O)O)sc2cc1OC.COc1cc2sc(C(=O)C[C@H](C)C(=O)O)cc2cc1CCCc1cc2cc(C(=O)C[C@H](C)C(=O)O)sc2cc1OC. The van der Waals surface area contributed by atoms with Crippen LogP contribution in [0.25, 0.3) is 40.3 Å². The number of methoxy groups -OCH3 is 4. The largest absolute Gasteiger partial charge is 0.496 e. The Labute approximate surface area is 495 Å². The molecule has 8 aromatic rings. The van der Waals surface area contributed by atoms with Crippen molar-refractivity contribution in [3.05, 3.63) is 115 Å². The Morgan fingerprint density at radius 2 is 0.542 bits per heavy atom. The number of ether oxygens (including phenoxy) is 4. The summed E-state index contributed by atoms with van der Waals surface area (Å²) in [5.41, 5.74) is 4.10. The van der Waals surface area contributed by atoms with Gasteiger partial charge in [0.25, 0.3) is 0 Å². The average Bonchev–Trinajstić information content (AvgIpc) is 4.43. The molecule has 20 heteroatoms. The maximum atomic E-state index is 12.6. The molecular weight excluding hydrogens is 1140 g/mol. The van der Waals surface area contributed by atoms with Crippen LogP contribution in [0.3, 0.4) is 0 Å². The number of ketones is 4. The Hall–Kier alpha value is -7.52. The van der Waals surface area contributed by atoms with Gasteiger partial charge in [0.2, 0.25) is 0 Å². The number of rotatable bonds is 29. The first-order chi connectivity index (χ1) is 39.5. The Balaban J connectivity index is 0.000000239. The Kier molecular flexibility index (Phi) is 21.4. The van der Waals surface area contributed by atoms with Crippen molar-refractivity contribution in [1.29, 1.82) is 0 Å². The van der Waals surface area contributed by atoms with Gasteiger partial charge in [-0.2, -0.15) is 0 Å². The van der Waals surface area contributed by atoms with E-state index < -0.39 is 47.5 Å². The number of thiophene rings is 4. The van der Waals surface area contributed by atoms with Gasteiger partial charge in [0, 0.05) is 44.5 Å². The summed E-state index contributed by atoms with van der Waals surface area (Å²) >= 11 is 5.39. The van der Waals surface area contributed by atoms with Crippen molar-refractivity contribution < 1.29 is 77.7 Å². The van der Waals surface area contributed by atoms with Crippen LogP contribution in [-0.2, 0) is 44.9 Å². The lowest BCUT2D eigenvalue weighted by Gasteiger charge is -2.11. The minimum atomic E-state index is -0.988. The summed E-state index contributed by atoms with van der Waals surface area (Å²) in [7, 11) is 6.48. The molecule has 0 saturated carbocycles. The number of carboxylic acids is 4. The molecule has 0 saturated heterocycles. The zero-order chi connectivity index (χ0) is 60.4. The number of Topliss-reactive ketones (excluding diaryl/α,β-unsaturated/α-hetero) is 4. The first-order valence-corrected chi connectivity index (χ1v) is 30.2. The molecule has 0 aliphatic heterocycles. The van der Waals surface area contributed by atoms with Crippen molar-refractivity contribution in [1.82, 2.24) is 0 Å². The van der Waals surface area contributed by atoms with Crippen molar-refractivity contribution in [2.75, 3.05) is 28.4 Å². The lowest BCUT2D eigenvalue weighted by molar-refractivity contribution is -0.141. The Morgan fingerprint density at radius 3 is 0.735 bits per heavy atom. The predicted molar refractivity (Wildman–Crippen MR) is 325 cm³/mol. The van der Waals surface area contributed by atoms with Gasteiger partial charge in [0.15, 0.2) is 23.1 Å². The minimum absolute atomic E-state index is 0.0334. The Bertz CT molecular complexity index is 3520. The second kappa shape index (κ2) is 28.2. The molecule has 83 heavy (non-hydrogen) atoms. The molecule has 0 spiro atoms. The maximum absolute atomic E-state index is 12.6. The molecule has 16 nitrogen and oxygen atoms in total. The zero-order valence-electron chi connectivity index (χ0n) is 47.3. The highest BCUT2D eigenvalue weighted by molar-refractivity contribution is 7.22. The van der Waals surface area contributed by atoms with E-state index in [1.165, 1.54) is 73.0 Å². The van der Waals surface area contributed by atoms with Gasteiger partial charge in [0.05, 0.1) is 71.6 Å². The van der Waals surface area contributed by atoms with Gasteiger partial charge in [-0.25, -0.2) is 0 Å². The summed E-state index contributed by atoms with van der Waals surface area (Å²) in [6.45, 7) is 6.13. The van der Waals surface area contributed by atoms with Crippen LogP contribution in [0.15, 0.2) is 72.8 Å². The smallest absolute Gasteiger partial charge is 0.306 e. The molecule has 0 aliphatic carbocycles. The van der Waals surface area contributed by atoms with Crippen LogP contribution in [0.1, 0.15) is 134 Å². The van der Waals surface area contributed by atoms with Crippen molar-refractivity contribution in [2.24, 2.45) is 23.7 Å². The molecular formula is C63H66O16S4. The zero-order valence-corrected chi connectivity index (χ0v) is 50.6. The second-order valence-electron chi connectivity index (χ2n) is 20.8. The van der Waals surface area contributed by atoms with E-state index in [0.717, 1.165) is 131 Å². The molecule has 0 bridgehead atoms. The van der Waals surface area contributed by atoms with Crippen LogP contribution in [0, 0.1) is 23.7 Å². The van der Waals surface area contributed by atoms with E-state index in [-0.39, 0.29) is 48.8 Å². The van der Waals surface area contributed by atoms with Crippen LogP contribution in [-0.4, -0.2) is 95.9 Å². The summed E-state index contributed by atoms with van der Waals surface area (Å²) in [5, 5.41) is 40.3. The van der Waals surface area contributed by atoms with E-state index in [1.54, 1.807) is 28.4 Å². The molecule has 0 radical (unpaired) electrons. The van der Waals surface area contributed by atoms with Crippen molar-refractivity contribution in [2.45, 2.75) is 98.3 Å². The number of hydrogen-bond acceptors (Lipinski definition) is 16. The standard InChI is InChI=1S/C32H34O8S2.C31H32O8S2/c1-17(31(35)36)9-23(33)29-13-21-11-19(25(39-3)15-27(21)41-29)7-5-6-8-20-12-22-14-30(24(34)10-18(2)32(37)38)42-28(22)16-26(20)40-4;1-16(30(34)35)8-22(32)28-12-20-10-18(24(38-3)14-26(20)40-28)6-5-7-19-11-21-13-29(23(33)9-17(2)31(36)37)41-27(21)15-25(19)39-4/h11-18H,5-10H2,1-4H3,(H,35,36)(H,37,38);10-17H,5-9H2,1-4H3,(H,34,35)(H,36,37)/t17-,18-;16-,17-/m00/s1. The van der Waals surface area contributed by atoms with E-state index in [0.29, 0.717) is 19.5 Å². The molecule has 0 unspecified atom stereocenters. The monoisotopic (exact) mass is 1210 g/mol. The van der Waals surface area contributed by atoms with Gasteiger partial charge in [-0.05, 0) is 162 Å². The predicted octanol–water partition coefficient (Wildman–Crippen LogP) is 14.2. The van der Waals surface area contributed by atoms with Crippen molar-refractivity contribution in [3.63, 3.8) is 0 Å². The third-order valence-corrected chi connectivity index (χ3v) is 19.0. The fraction of sp³-hybridized carbons (Fsp3) is 0.365. The van der Waals surface area contributed by atoms with E-state index in [2.05, 4.69) is 0 Å². The molecule has 4 heterocycles. The van der Waals surface area contributed by atoms with Crippen LogP contribution in [0.4, 0.5) is 0 Å². The van der Waals surface area contributed by atoms with Gasteiger partial charge >= 0.3 is 23.9 Å². The number of carbonyl (C=O) groups excluding carboxylic acids is 4. The molecule has 0 aliphatic rings. The Morgan fingerprint density at radius 1 is 0.337 bits per heavy atom. The summed E-state index contributed by atoms with van der Waals surface area (Å²) in [6.07, 6.45) is 5.40. The lowest BCUT2D eigenvalue weighted by Crippen LogP contribution is -2.13. The van der Waals surface area contributed by atoms with E-state index in [9.17, 15) is 38.4 Å². The molecule has 4 aromatic carbocycles. The number of carboxylic acid groups (broad SMARTS) is 4. The first-order valence-electron chi connectivity index (χ1n) is 27.0. The number of aliphatic carboxylic acids is 4. The van der Waals surface area contributed by atoms with Crippen LogP contribution in [0.2, 0.25) is 0 Å². The van der Waals surface area contributed by atoms with Gasteiger partial charge in [0.1, 0.15) is 23.0 Å². The van der Waals surface area contributed by atoms with Crippen molar-refractivity contribution in [3.8, 4) is 23.0 Å². The number of hydrogen-bond donors (Lipinski definition) is 4. The maximum Gasteiger partial charge on any atom is 0.306 e. The molecule has 0 amide bonds. The summed E-state index contributed by atoms with van der Waals surface area (Å²) in [4.78, 5) is 97.3. The minimum Gasteiger partial charge on any atom is -0.496 e. The summed E-state index contributed by atoms with van der Waals surface area (Å²) in [6, 6.07) is 23.2. The average molecular weight is 1210 g/mol.